The number of benzene rings is 1. The normalized spacial score (nSPS) is 13.8. The third-order valence-electron chi connectivity index (χ3n) is 2.47. The molecular formula is C12H8N2OS2. The Bertz CT molecular complexity index is 784. The zero-order valence-electron chi connectivity index (χ0n) is 8.68. The first-order chi connectivity index (χ1) is 8.22. The number of fused-ring (bicyclic) bond motifs is 1. The number of nitrogens with zero attached hydrogens (tertiary/aromatic N) is 1. The van der Waals surface area contributed by atoms with Crippen LogP contribution in [0.1, 0.15) is 10.4 Å². The largest absolute Gasteiger partial charge is 0.307 e. The van der Waals surface area contributed by atoms with Crippen LogP contribution in [0.3, 0.4) is 0 Å². The number of aromatic amines is 1. The van der Waals surface area contributed by atoms with Gasteiger partial charge in [-0.15, -0.1) is 12.6 Å². The third-order valence-corrected chi connectivity index (χ3v) is 3.81. The van der Waals surface area contributed by atoms with Crippen LogP contribution in [0.5, 0.6) is 0 Å². The van der Waals surface area contributed by atoms with E-state index < -0.39 is 0 Å². The molecule has 1 N–H and O–H groups in total. The summed E-state index contributed by atoms with van der Waals surface area (Å²) in [5.41, 5.74) is 1.10. The van der Waals surface area contributed by atoms with Crippen molar-refractivity contribution in [3.05, 3.63) is 55.1 Å². The van der Waals surface area contributed by atoms with Gasteiger partial charge in [-0.2, -0.15) is 0 Å². The summed E-state index contributed by atoms with van der Waals surface area (Å²) in [6, 6.07) is 5.99. The second kappa shape index (κ2) is 4.01. The number of hydrogen-bond donors (Lipinski definition) is 2. The second-order valence-electron chi connectivity index (χ2n) is 3.63. The van der Waals surface area contributed by atoms with Gasteiger partial charge >= 0.3 is 4.87 Å². The molecule has 17 heavy (non-hydrogen) atoms. The Morgan fingerprint density at radius 3 is 3.06 bits per heavy atom. The zero-order chi connectivity index (χ0) is 11.8. The molecule has 0 saturated carbocycles. The van der Waals surface area contributed by atoms with E-state index in [1.807, 2.05) is 30.4 Å². The average molecular weight is 260 g/mol. The lowest BCUT2D eigenvalue weighted by Crippen LogP contribution is -2.10. The van der Waals surface area contributed by atoms with E-state index in [1.54, 1.807) is 6.20 Å². The lowest BCUT2D eigenvalue weighted by Gasteiger charge is -1.91. The van der Waals surface area contributed by atoms with Gasteiger partial charge in [0.1, 0.15) is 0 Å². The summed E-state index contributed by atoms with van der Waals surface area (Å²) in [5.74, 6) is 0. The number of H-pyrrole nitrogens is 1. The molecule has 3 rings (SSSR count). The molecule has 0 aliphatic carbocycles. The van der Waals surface area contributed by atoms with Gasteiger partial charge in [-0.05, 0) is 29.5 Å². The number of rotatable bonds is 1. The molecule has 0 amide bonds. The van der Waals surface area contributed by atoms with Crippen LogP contribution in [0, 0.1) is 0 Å². The van der Waals surface area contributed by atoms with Crippen molar-refractivity contribution in [2.75, 3.05) is 0 Å². The van der Waals surface area contributed by atoms with Gasteiger partial charge in [0.2, 0.25) is 0 Å². The maximum absolute atomic E-state index is 11.2. The monoisotopic (exact) mass is 260 g/mol. The van der Waals surface area contributed by atoms with E-state index in [0.29, 0.717) is 5.03 Å². The minimum atomic E-state index is -0.0858. The Morgan fingerprint density at radius 2 is 2.29 bits per heavy atom. The van der Waals surface area contributed by atoms with Crippen LogP contribution in [0.15, 0.2) is 39.2 Å². The number of thiol groups is 1. The summed E-state index contributed by atoms with van der Waals surface area (Å²) in [5, 5.41) is 2.63. The molecule has 0 fully saturated rings. The van der Waals surface area contributed by atoms with E-state index in [9.17, 15) is 4.79 Å². The molecule has 1 aliphatic rings. The molecule has 3 nitrogen and oxygen atoms in total. The summed E-state index contributed by atoms with van der Waals surface area (Å²) in [7, 11) is 0. The summed E-state index contributed by atoms with van der Waals surface area (Å²) in [4.78, 5) is 18.8. The molecule has 0 saturated heterocycles. The molecule has 0 unspecified atom stereocenters. The zero-order valence-corrected chi connectivity index (χ0v) is 10.4. The fourth-order valence-electron chi connectivity index (χ4n) is 1.69. The minimum absolute atomic E-state index is 0.0858. The number of nitrogens with one attached hydrogen (secondary N) is 1. The highest BCUT2D eigenvalue weighted by atomic mass is 32.1. The first-order valence-corrected chi connectivity index (χ1v) is 6.27. The van der Waals surface area contributed by atoms with Crippen LogP contribution in [0.2, 0.25) is 0 Å². The summed E-state index contributed by atoms with van der Waals surface area (Å²) in [6.07, 6.45) is 5.69. The molecule has 2 aromatic rings. The molecular weight excluding hydrogens is 252 g/mol. The van der Waals surface area contributed by atoms with Crippen LogP contribution in [0.4, 0.5) is 0 Å². The number of aromatic nitrogens is 1. The number of thiazole rings is 1. The first kappa shape index (κ1) is 10.6. The van der Waals surface area contributed by atoms with E-state index in [2.05, 4.69) is 22.6 Å². The predicted molar refractivity (Wildman–Crippen MR) is 72.0 cm³/mol. The van der Waals surface area contributed by atoms with Gasteiger partial charge in [-0.1, -0.05) is 17.4 Å². The second-order valence-corrected chi connectivity index (χ2v) is 5.10. The van der Waals surface area contributed by atoms with Crippen LogP contribution in [-0.4, -0.2) is 4.98 Å². The minimum Gasteiger partial charge on any atom is -0.307 e. The van der Waals surface area contributed by atoms with Gasteiger partial charge in [0.25, 0.3) is 0 Å². The van der Waals surface area contributed by atoms with Crippen LogP contribution in [0.25, 0.3) is 12.2 Å². The van der Waals surface area contributed by atoms with Gasteiger partial charge < -0.3 is 4.98 Å². The van der Waals surface area contributed by atoms with Gasteiger partial charge in [0.15, 0.2) is 0 Å². The van der Waals surface area contributed by atoms with E-state index in [0.717, 1.165) is 32.4 Å². The van der Waals surface area contributed by atoms with Gasteiger partial charge in [-0.25, -0.2) is 0 Å². The molecule has 5 heteroatoms. The van der Waals surface area contributed by atoms with Crippen molar-refractivity contribution in [3.63, 3.8) is 0 Å². The Balaban J connectivity index is 2.17. The summed E-state index contributed by atoms with van der Waals surface area (Å²) in [6.45, 7) is 0. The molecule has 0 spiro atoms. The molecule has 1 aromatic carbocycles. The molecule has 0 atom stereocenters. The molecule has 1 aromatic heterocycles. The topological polar surface area (TPSA) is 45.2 Å². The maximum atomic E-state index is 11.2. The molecule has 84 valence electrons. The van der Waals surface area contributed by atoms with Gasteiger partial charge in [0.05, 0.1) is 15.3 Å². The highest BCUT2D eigenvalue weighted by molar-refractivity contribution is 7.80. The van der Waals surface area contributed by atoms with Crippen molar-refractivity contribution in [2.24, 2.45) is 4.99 Å². The molecule has 0 radical (unpaired) electrons. The standard InChI is InChI=1S/C12H8N2OS2/c15-12-14-11(16)10(17-12)6-7-1-2-9-8(5-7)3-4-13-9/h1-6,16H,(H,14,15)/b7-6-. The molecule has 1 aliphatic heterocycles. The van der Waals surface area contributed by atoms with Crippen molar-refractivity contribution in [1.29, 1.82) is 0 Å². The van der Waals surface area contributed by atoms with Gasteiger partial charge in [-0.3, -0.25) is 9.79 Å². The van der Waals surface area contributed by atoms with E-state index in [1.165, 1.54) is 0 Å². The Labute approximate surface area is 106 Å². The third kappa shape index (κ3) is 1.99. The maximum Gasteiger partial charge on any atom is 0.305 e. The fraction of sp³-hybridized carbons (Fsp3) is 0. The van der Waals surface area contributed by atoms with Crippen molar-refractivity contribution >= 4 is 36.1 Å². The summed E-state index contributed by atoms with van der Waals surface area (Å²) >= 11 is 5.38. The Hall–Kier alpha value is -1.59. The summed E-state index contributed by atoms with van der Waals surface area (Å²) < 4.78 is 0. The van der Waals surface area contributed by atoms with Gasteiger partial charge in [0, 0.05) is 11.8 Å². The number of hydrogen-bond acceptors (Lipinski definition) is 4. The highest BCUT2D eigenvalue weighted by Crippen LogP contribution is 2.13. The molecule has 0 bridgehead atoms. The smallest absolute Gasteiger partial charge is 0.305 e. The van der Waals surface area contributed by atoms with Crippen molar-refractivity contribution < 1.29 is 0 Å². The average Bonchev–Trinajstić information content (AvgIpc) is 2.85. The Kier molecular flexibility index (Phi) is 2.49. The molecule has 2 heterocycles. The SMILES string of the molecule is O=c1[nH]c(S)c(/C=c2/ccc3c(c2)C=CN=3)s1. The van der Waals surface area contributed by atoms with E-state index in [-0.39, 0.29) is 4.87 Å². The van der Waals surface area contributed by atoms with E-state index in [4.69, 9.17) is 0 Å². The van der Waals surface area contributed by atoms with Crippen molar-refractivity contribution in [1.82, 2.24) is 4.98 Å². The predicted octanol–water partition coefficient (Wildman–Crippen LogP) is 1.16. The van der Waals surface area contributed by atoms with Crippen LogP contribution < -0.4 is 15.4 Å². The lowest BCUT2D eigenvalue weighted by molar-refractivity contribution is 1.16. The fourth-order valence-corrected chi connectivity index (χ4v) is 2.77. The lowest BCUT2D eigenvalue weighted by atomic mass is 10.2. The van der Waals surface area contributed by atoms with Crippen molar-refractivity contribution in [2.45, 2.75) is 5.03 Å². The van der Waals surface area contributed by atoms with Crippen LogP contribution >= 0.6 is 24.0 Å². The quantitative estimate of drug-likeness (QED) is 0.743. The Morgan fingerprint density at radius 1 is 1.41 bits per heavy atom. The first-order valence-electron chi connectivity index (χ1n) is 5.01. The van der Waals surface area contributed by atoms with Crippen molar-refractivity contribution in [3.8, 4) is 0 Å². The van der Waals surface area contributed by atoms with Crippen LogP contribution in [-0.2, 0) is 0 Å². The van der Waals surface area contributed by atoms with E-state index >= 15 is 0 Å². The highest BCUT2D eigenvalue weighted by Gasteiger charge is 2.01.